The Morgan fingerprint density at radius 2 is 1.19 bits per heavy atom. The molecule has 4 heteroatoms. The smallest absolute Gasteiger partial charge is 0.393 e. The molecule has 0 radical (unpaired) electrons. The van der Waals surface area contributed by atoms with E-state index in [1.807, 2.05) is 62.4 Å². The van der Waals surface area contributed by atoms with Crippen LogP contribution in [-0.2, 0) is 6.42 Å². The second-order valence-corrected chi connectivity index (χ2v) is 7.24. The van der Waals surface area contributed by atoms with Gasteiger partial charge in [0, 0.05) is 16.7 Å². The van der Waals surface area contributed by atoms with Crippen LogP contribution in [0, 0.1) is 37.5 Å². The lowest BCUT2D eigenvalue weighted by atomic mass is 9.99. The summed E-state index contributed by atoms with van der Waals surface area (Å²) >= 11 is 0. The first-order valence-corrected chi connectivity index (χ1v) is 9.68. The predicted molar refractivity (Wildman–Crippen MR) is 117 cm³/mol. The van der Waals surface area contributed by atoms with Gasteiger partial charge >= 0.3 is 6.18 Å². The van der Waals surface area contributed by atoms with Gasteiger partial charge in [0.05, 0.1) is 19.1 Å². The van der Waals surface area contributed by atoms with E-state index in [0.717, 1.165) is 16.7 Å². The topological polar surface area (TPSA) is 9.23 Å². The first kappa shape index (κ1) is 22.1. The molecule has 0 fully saturated rings. The minimum atomic E-state index is -4.38. The number of hydrogen-bond acceptors (Lipinski definition) is 1. The highest BCUT2D eigenvalue weighted by Crippen LogP contribution is 2.30. The summed E-state index contributed by atoms with van der Waals surface area (Å²) in [5.74, 6) is 12.0. The summed E-state index contributed by atoms with van der Waals surface area (Å²) in [5, 5.41) is 0. The lowest BCUT2D eigenvalue weighted by Crippen LogP contribution is -2.13. The molecule has 1 nitrogen and oxygen atoms in total. The Morgan fingerprint density at radius 3 is 1.68 bits per heavy atom. The summed E-state index contributed by atoms with van der Waals surface area (Å²) in [5.41, 5.74) is 4.39. The van der Waals surface area contributed by atoms with E-state index in [4.69, 9.17) is 4.74 Å². The minimum Gasteiger partial charge on any atom is -0.495 e. The zero-order valence-corrected chi connectivity index (χ0v) is 17.5. The average Bonchev–Trinajstić information content (AvgIpc) is 2.72. The molecule has 156 valence electrons. The first-order chi connectivity index (χ1) is 14.7. The van der Waals surface area contributed by atoms with Gasteiger partial charge < -0.3 is 4.74 Å². The van der Waals surface area contributed by atoms with Crippen molar-refractivity contribution >= 4 is 0 Å². The number of aryl methyl sites for hydroxylation is 2. The van der Waals surface area contributed by atoms with Gasteiger partial charge in [-0.2, -0.15) is 13.2 Å². The Morgan fingerprint density at radius 1 is 0.710 bits per heavy atom. The van der Waals surface area contributed by atoms with Gasteiger partial charge in [-0.1, -0.05) is 59.1 Å². The quantitative estimate of drug-likeness (QED) is 0.449. The molecule has 0 bridgehead atoms. The molecule has 31 heavy (non-hydrogen) atoms. The third-order valence-electron chi connectivity index (χ3n) is 4.58. The summed E-state index contributed by atoms with van der Waals surface area (Å²) in [6.45, 7) is 3.93. The Labute approximate surface area is 180 Å². The van der Waals surface area contributed by atoms with Crippen LogP contribution in [-0.4, -0.2) is 13.3 Å². The molecule has 0 unspecified atom stereocenters. The molecule has 0 saturated heterocycles. The van der Waals surface area contributed by atoms with Gasteiger partial charge in [-0.25, -0.2) is 0 Å². The van der Waals surface area contributed by atoms with Gasteiger partial charge in [-0.3, -0.25) is 0 Å². The molecule has 0 aliphatic rings. The van der Waals surface area contributed by atoms with Crippen molar-refractivity contribution in [1.29, 1.82) is 0 Å². The van der Waals surface area contributed by atoms with Crippen molar-refractivity contribution in [2.24, 2.45) is 0 Å². The standard InChI is InChI=1S/C27H21F3O/c1-19-4-8-21(9-5-19)12-13-23-16-24(18-27(28,29)30)25(26(17-23)31-3)15-14-22-10-6-20(2)7-11-22/h4-11,16-17H,18H2,1-3H3. The molecule has 0 spiro atoms. The largest absolute Gasteiger partial charge is 0.495 e. The van der Waals surface area contributed by atoms with Gasteiger partial charge in [-0.05, 0) is 55.8 Å². The molecule has 3 aromatic rings. The predicted octanol–water partition coefficient (Wildman–Crippen LogP) is 6.22. The van der Waals surface area contributed by atoms with Crippen LogP contribution in [0.25, 0.3) is 0 Å². The van der Waals surface area contributed by atoms with Gasteiger partial charge in [0.25, 0.3) is 0 Å². The molecular weight excluding hydrogens is 397 g/mol. The number of rotatable bonds is 2. The van der Waals surface area contributed by atoms with Crippen LogP contribution < -0.4 is 4.74 Å². The Kier molecular flexibility index (Phi) is 6.73. The molecule has 0 N–H and O–H groups in total. The fourth-order valence-corrected chi connectivity index (χ4v) is 2.96. The van der Waals surface area contributed by atoms with Crippen LogP contribution in [0.1, 0.15) is 38.9 Å². The van der Waals surface area contributed by atoms with Crippen LogP contribution in [0.4, 0.5) is 13.2 Å². The molecule has 0 heterocycles. The molecule has 0 aromatic heterocycles. The van der Waals surface area contributed by atoms with Crippen LogP contribution in [0.2, 0.25) is 0 Å². The van der Waals surface area contributed by atoms with Crippen LogP contribution in [0.15, 0.2) is 60.7 Å². The molecule has 0 saturated carbocycles. The van der Waals surface area contributed by atoms with Crippen molar-refractivity contribution in [2.75, 3.05) is 7.11 Å². The second-order valence-electron chi connectivity index (χ2n) is 7.24. The normalized spacial score (nSPS) is 10.5. The molecule has 0 amide bonds. The van der Waals surface area contributed by atoms with E-state index in [2.05, 4.69) is 23.7 Å². The van der Waals surface area contributed by atoms with Crippen LogP contribution in [0.3, 0.4) is 0 Å². The molecule has 0 atom stereocenters. The minimum absolute atomic E-state index is 0.0414. The highest BCUT2D eigenvalue weighted by atomic mass is 19.4. The molecule has 3 rings (SSSR count). The number of hydrogen-bond donors (Lipinski definition) is 0. The first-order valence-electron chi connectivity index (χ1n) is 9.68. The second kappa shape index (κ2) is 9.45. The maximum atomic E-state index is 13.3. The monoisotopic (exact) mass is 418 g/mol. The Balaban J connectivity index is 2.05. The van der Waals surface area contributed by atoms with Gasteiger partial charge in [0.1, 0.15) is 5.75 Å². The molecule has 0 aliphatic heterocycles. The van der Waals surface area contributed by atoms with Crippen LogP contribution in [0.5, 0.6) is 5.75 Å². The van der Waals surface area contributed by atoms with Crippen molar-refractivity contribution in [3.63, 3.8) is 0 Å². The van der Waals surface area contributed by atoms with Crippen molar-refractivity contribution < 1.29 is 17.9 Å². The summed E-state index contributed by atoms with van der Waals surface area (Å²) < 4.78 is 45.2. The zero-order valence-electron chi connectivity index (χ0n) is 17.5. The number of ether oxygens (including phenoxy) is 1. The van der Waals surface area contributed by atoms with E-state index in [-0.39, 0.29) is 16.9 Å². The van der Waals surface area contributed by atoms with E-state index in [0.29, 0.717) is 11.1 Å². The molecular formula is C27H21F3O. The summed E-state index contributed by atoms with van der Waals surface area (Å²) in [6.07, 6.45) is -5.49. The maximum absolute atomic E-state index is 13.3. The summed E-state index contributed by atoms with van der Waals surface area (Å²) in [7, 11) is 1.42. The third-order valence-corrected chi connectivity index (χ3v) is 4.58. The fraction of sp³-hybridized carbons (Fsp3) is 0.185. The van der Waals surface area contributed by atoms with Crippen LogP contribution >= 0.6 is 0 Å². The highest BCUT2D eigenvalue weighted by Gasteiger charge is 2.29. The average molecular weight is 418 g/mol. The van der Waals surface area contributed by atoms with Crippen molar-refractivity contribution in [3.05, 3.63) is 99.6 Å². The van der Waals surface area contributed by atoms with E-state index in [1.165, 1.54) is 13.2 Å². The lowest BCUT2D eigenvalue weighted by molar-refractivity contribution is -0.127. The SMILES string of the molecule is COc1cc(C#Cc2ccc(C)cc2)cc(CC(F)(F)F)c1C#Cc1ccc(C)cc1. The zero-order chi connectivity index (χ0) is 22.4. The number of halogens is 3. The molecule has 3 aromatic carbocycles. The van der Waals surface area contributed by atoms with E-state index in [1.54, 1.807) is 6.07 Å². The van der Waals surface area contributed by atoms with E-state index < -0.39 is 12.6 Å². The Bertz CT molecular complexity index is 1180. The number of benzene rings is 3. The van der Waals surface area contributed by atoms with Gasteiger partial charge in [0.15, 0.2) is 0 Å². The number of alkyl halides is 3. The fourth-order valence-electron chi connectivity index (χ4n) is 2.96. The van der Waals surface area contributed by atoms with E-state index in [9.17, 15) is 13.2 Å². The third kappa shape index (κ3) is 6.43. The highest BCUT2D eigenvalue weighted by molar-refractivity contribution is 5.59. The Hall–Kier alpha value is -3.63. The lowest BCUT2D eigenvalue weighted by Gasteiger charge is -2.13. The number of methoxy groups -OCH3 is 1. The maximum Gasteiger partial charge on any atom is 0.393 e. The van der Waals surface area contributed by atoms with Crippen molar-refractivity contribution in [2.45, 2.75) is 26.4 Å². The molecule has 0 aliphatic carbocycles. The van der Waals surface area contributed by atoms with Gasteiger partial charge in [-0.15, -0.1) is 0 Å². The summed E-state index contributed by atoms with van der Waals surface area (Å²) in [6, 6.07) is 18.2. The van der Waals surface area contributed by atoms with E-state index >= 15 is 0 Å². The van der Waals surface area contributed by atoms with Crippen molar-refractivity contribution in [1.82, 2.24) is 0 Å². The summed E-state index contributed by atoms with van der Waals surface area (Å²) in [4.78, 5) is 0. The van der Waals surface area contributed by atoms with Crippen molar-refractivity contribution in [3.8, 4) is 29.4 Å². The van der Waals surface area contributed by atoms with Gasteiger partial charge in [0.2, 0.25) is 0 Å².